The van der Waals surface area contributed by atoms with Crippen LogP contribution in [0.1, 0.15) is 24.0 Å². The number of aromatic amines is 1. The van der Waals surface area contributed by atoms with Crippen molar-refractivity contribution in [2.75, 3.05) is 63.2 Å². The van der Waals surface area contributed by atoms with Crippen LogP contribution in [0.5, 0.6) is 0 Å². The monoisotopic (exact) mass is 843 g/mol. The Kier molecular flexibility index (Phi) is 17.6. The number of hydrogen-bond acceptors (Lipinski definition) is 7. The van der Waals surface area contributed by atoms with E-state index in [9.17, 15) is 35.9 Å². The van der Waals surface area contributed by atoms with Gasteiger partial charge in [-0.1, -0.05) is 42.8 Å². The molecule has 2 aromatic carbocycles. The summed E-state index contributed by atoms with van der Waals surface area (Å²) in [6.07, 6.45) is -0.494. The maximum absolute atomic E-state index is 14.7. The van der Waals surface area contributed by atoms with Crippen LogP contribution in [0.2, 0.25) is 5.02 Å². The average molecular weight is 844 g/mol. The lowest BCUT2D eigenvalue weighted by atomic mass is 9.88. The molecule has 2 unspecified atom stereocenters. The maximum atomic E-state index is 14.7. The number of fused-ring (bicyclic) bond motifs is 2. The van der Waals surface area contributed by atoms with Gasteiger partial charge in [0.1, 0.15) is 11.9 Å². The largest absolute Gasteiger partial charge is 0.490 e. The van der Waals surface area contributed by atoms with Gasteiger partial charge in [0, 0.05) is 79.2 Å². The van der Waals surface area contributed by atoms with E-state index in [1.165, 1.54) is 0 Å². The minimum atomic E-state index is -5.08. The van der Waals surface area contributed by atoms with Gasteiger partial charge in [0.05, 0.1) is 0 Å². The summed E-state index contributed by atoms with van der Waals surface area (Å²) in [6, 6.07) is 18.7. The molecule has 58 heavy (non-hydrogen) atoms. The van der Waals surface area contributed by atoms with E-state index in [0.29, 0.717) is 37.7 Å². The molecule has 0 spiro atoms. The summed E-state index contributed by atoms with van der Waals surface area (Å²) in [5.41, 5.74) is 3.92. The van der Waals surface area contributed by atoms with Gasteiger partial charge in [-0.25, -0.2) is 14.6 Å². The van der Waals surface area contributed by atoms with Gasteiger partial charge in [0.25, 0.3) is 6.47 Å². The molecule has 4 N–H and O–H groups in total. The molecule has 6 rings (SSSR count). The Bertz CT molecular complexity index is 1940. The highest BCUT2D eigenvalue weighted by atomic mass is 35.5. The van der Waals surface area contributed by atoms with Crippen LogP contribution < -0.4 is 15.1 Å². The number of piperazine rings is 1. The molecule has 0 aliphatic carbocycles. The summed E-state index contributed by atoms with van der Waals surface area (Å²) >= 11 is 6.41. The van der Waals surface area contributed by atoms with Crippen molar-refractivity contribution in [3.05, 3.63) is 89.2 Å². The Morgan fingerprint density at radius 2 is 1.64 bits per heavy atom. The molecule has 13 nitrogen and oxygen atoms in total. The first-order valence-corrected chi connectivity index (χ1v) is 18.1. The van der Waals surface area contributed by atoms with E-state index in [4.69, 9.17) is 31.4 Å². The fraction of sp³-hybridized carbons (Fsp3) is 0.395. The number of aliphatic carboxylic acids is 1. The van der Waals surface area contributed by atoms with Crippen molar-refractivity contribution < 1.29 is 55.7 Å². The number of para-hydroxylation sites is 1. The van der Waals surface area contributed by atoms with Crippen LogP contribution in [0.25, 0.3) is 10.9 Å². The van der Waals surface area contributed by atoms with Crippen LogP contribution in [-0.2, 0) is 20.8 Å². The number of nitrogens with zero attached hydrogens (tertiary/aromatic N) is 5. The molecule has 1 fully saturated rings. The Morgan fingerprint density at radius 1 is 1.03 bits per heavy atom. The summed E-state index contributed by atoms with van der Waals surface area (Å²) in [7, 11) is 4.10. The molecule has 0 radical (unpaired) electrons. The third-order valence-electron chi connectivity index (χ3n) is 9.11. The number of benzene rings is 2. The highest BCUT2D eigenvalue weighted by molar-refractivity contribution is 6.30. The Hall–Kier alpha value is -5.56. The first kappa shape index (κ1) is 46.8. The second-order valence-electron chi connectivity index (χ2n) is 13.4. The zero-order chi connectivity index (χ0) is 43.2. The van der Waals surface area contributed by atoms with Gasteiger partial charge >= 0.3 is 24.9 Å². The van der Waals surface area contributed by atoms with Crippen LogP contribution in [0.15, 0.2) is 73.1 Å². The van der Waals surface area contributed by atoms with E-state index in [-0.39, 0.29) is 30.2 Å². The molecule has 2 aliphatic rings. The highest BCUT2D eigenvalue weighted by Gasteiger charge is 2.39. The number of anilines is 2. The molecule has 0 bridgehead atoms. The molecule has 20 heteroatoms. The number of amides is 3. The molecule has 2 aromatic heterocycles. The van der Waals surface area contributed by atoms with Crippen molar-refractivity contribution in [2.24, 2.45) is 5.92 Å². The number of carbonyl (C=O) groups is 4. The predicted octanol–water partition coefficient (Wildman–Crippen LogP) is 6.50. The average Bonchev–Trinajstić information content (AvgIpc) is 3.60. The predicted molar refractivity (Wildman–Crippen MR) is 206 cm³/mol. The van der Waals surface area contributed by atoms with Gasteiger partial charge in [0.15, 0.2) is 0 Å². The minimum Gasteiger partial charge on any atom is -0.483 e. The van der Waals surface area contributed by atoms with Crippen LogP contribution in [-0.4, -0.2) is 127 Å². The number of carbonyl (C=O) groups excluding carboxylic acids is 2. The minimum absolute atomic E-state index is 0.115. The maximum Gasteiger partial charge on any atom is 0.490 e. The number of carboxylic acid groups (broad SMARTS) is 2. The van der Waals surface area contributed by atoms with Gasteiger partial charge in [0.2, 0.25) is 5.91 Å². The number of carboxylic acids is 1. The molecule has 1 saturated heterocycles. The molecule has 4 aromatic rings. The van der Waals surface area contributed by atoms with E-state index in [0.717, 1.165) is 46.5 Å². The third kappa shape index (κ3) is 13.5. The highest BCUT2D eigenvalue weighted by Crippen LogP contribution is 2.35. The van der Waals surface area contributed by atoms with E-state index in [2.05, 4.69) is 45.2 Å². The first-order valence-electron chi connectivity index (χ1n) is 17.7. The quantitative estimate of drug-likeness (QED) is 0.120. The number of urea groups is 1. The van der Waals surface area contributed by atoms with Crippen LogP contribution in [0, 0.1) is 5.92 Å². The van der Waals surface area contributed by atoms with E-state index >= 15 is 0 Å². The molecule has 3 amide bonds. The lowest BCUT2D eigenvalue weighted by Gasteiger charge is -2.40. The fourth-order valence-corrected chi connectivity index (χ4v) is 6.88. The van der Waals surface area contributed by atoms with E-state index < -0.39 is 24.9 Å². The smallest absolute Gasteiger partial charge is 0.483 e. The Labute approximate surface area is 335 Å². The number of pyridine rings is 1. The fourth-order valence-electron chi connectivity index (χ4n) is 6.68. The summed E-state index contributed by atoms with van der Waals surface area (Å²) in [4.78, 5) is 61.7. The number of hydrogen-bond donors (Lipinski definition) is 4. The number of nitrogens with one attached hydrogen (secondary N) is 2. The normalized spacial score (nSPS) is 16.1. The summed E-state index contributed by atoms with van der Waals surface area (Å²) in [5, 5.41) is 18.9. The van der Waals surface area contributed by atoms with Gasteiger partial charge < -0.3 is 40.1 Å². The SMILES string of the molecule is CC(c1c[nH]c2ccccc12)C(NC(=O)N1CCN(c2ccccn2)CC1)C(=O)N1C[C@@H](CN(C)C)Cc2cc(Cl)ccc21.FC(F)F.O=C(O)C(F)(F)F.O=CO. The van der Waals surface area contributed by atoms with Crippen molar-refractivity contribution in [1.29, 1.82) is 0 Å². The second kappa shape index (κ2) is 21.8. The van der Waals surface area contributed by atoms with Crippen LogP contribution in [0.4, 0.5) is 42.6 Å². The van der Waals surface area contributed by atoms with Crippen molar-refractivity contribution >= 4 is 58.4 Å². The van der Waals surface area contributed by atoms with E-state index in [1.54, 1.807) is 11.1 Å². The standard InChI is InChI=1S/C34H40ClN7O2.C2HF3O2.CHF3.CH2O2/c1-23(28-20-37-29-9-5-4-8-27(28)29)32(38-34(44)41-16-14-40(15-17-41)31-10-6-7-13-36-31)33(43)42-22-24(21-39(2)3)18-25-19-26(35)11-12-30(25)42;3-2(4,5)1(6)7;2-1(3)4;2-1-3/h4-13,19-20,23-24,32,37H,14-18,21-22H2,1-3H3,(H,38,44);(H,6,7);1H;1H,(H,2,3)/t23?,24-,32?;;;/m1.../s1. The second-order valence-corrected chi connectivity index (χ2v) is 13.8. The van der Waals surface area contributed by atoms with Crippen molar-refractivity contribution in [1.82, 2.24) is 25.1 Å². The summed E-state index contributed by atoms with van der Waals surface area (Å²) < 4.78 is 60.7. The number of halogens is 7. The van der Waals surface area contributed by atoms with Crippen molar-refractivity contribution in [3.8, 4) is 0 Å². The first-order chi connectivity index (χ1) is 27.4. The van der Waals surface area contributed by atoms with Crippen molar-refractivity contribution in [2.45, 2.75) is 38.2 Å². The van der Waals surface area contributed by atoms with Crippen molar-refractivity contribution in [3.63, 3.8) is 0 Å². The molecule has 4 heterocycles. The topological polar surface area (TPSA) is 162 Å². The molecule has 316 valence electrons. The Balaban J connectivity index is 0.000000556. The molecule has 3 atom stereocenters. The molecule has 0 saturated carbocycles. The third-order valence-corrected chi connectivity index (χ3v) is 9.35. The zero-order valence-electron chi connectivity index (χ0n) is 31.7. The lowest BCUT2D eigenvalue weighted by molar-refractivity contribution is -0.192. The van der Waals surface area contributed by atoms with E-state index in [1.807, 2.05) is 72.6 Å². The number of rotatable bonds is 7. The molecular formula is C38H44ClF6N7O6. The zero-order valence-corrected chi connectivity index (χ0v) is 32.4. The van der Waals surface area contributed by atoms with Crippen LogP contribution >= 0.6 is 11.6 Å². The summed E-state index contributed by atoms with van der Waals surface area (Å²) in [6.45, 7) is 1.96. The molecular weight excluding hydrogens is 800 g/mol. The molecule has 2 aliphatic heterocycles. The van der Waals surface area contributed by atoms with Gasteiger partial charge in [-0.15, -0.1) is 0 Å². The van der Waals surface area contributed by atoms with Gasteiger partial charge in [-0.05, 0) is 74.0 Å². The Morgan fingerprint density at radius 3 is 2.21 bits per heavy atom. The number of H-pyrrole nitrogens is 1. The lowest BCUT2D eigenvalue weighted by Crippen LogP contribution is -2.58. The summed E-state index contributed by atoms with van der Waals surface area (Å²) in [5.74, 6) is -2.02. The van der Waals surface area contributed by atoms with Crippen LogP contribution in [0.3, 0.4) is 0 Å². The van der Waals surface area contributed by atoms with Gasteiger partial charge in [-0.2, -0.15) is 26.3 Å². The van der Waals surface area contributed by atoms with Gasteiger partial charge in [-0.3, -0.25) is 9.59 Å². The number of alkyl halides is 6. The number of aromatic nitrogens is 2.